The number of hydrogen-bond acceptors (Lipinski definition) is 2. The van der Waals surface area contributed by atoms with E-state index in [9.17, 15) is 4.79 Å². The number of nitrogens with zero attached hydrogens (tertiary/aromatic N) is 1. The van der Waals surface area contributed by atoms with Crippen LogP contribution in [0.2, 0.25) is 0 Å². The highest BCUT2D eigenvalue weighted by Crippen LogP contribution is 2.47. The Morgan fingerprint density at radius 2 is 2.04 bits per heavy atom. The Hall–Kier alpha value is -0.870. The molecular weight excluding hydrogens is 352 g/mol. The van der Waals surface area contributed by atoms with Crippen molar-refractivity contribution in [1.82, 2.24) is 10.2 Å². The molecule has 124 valence electrons. The molecule has 4 heteroatoms. The van der Waals surface area contributed by atoms with Crippen LogP contribution in [-0.4, -0.2) is 30.4 Å². The van der Waals surface area contributed by atoms with Gasteiger partial charge >= 0.3 is 0 Å². The topological polar surface area (TPSA) is 32.3 Å². The SMILES string of the molecule is O=C1NCCN(CC2CC(C3CCC3)C2)C1c1cccc(Br)c1. The molecule has 1 aromatic carbocycles. The van der Waals surface area contributed by atoms with Crippen LogP contribution in [0.1, 0.15) is 43.7 Å². The number of rotatable bonds is 4. The summed E-state index contributed by atoms with van der Waals surface area (Å²) in [5.41, 5.74) is 1.10. The lowest BCUT2D eigenvalue weighted by Crippen LogP contribution is -2.52. The summed E-state index contributed by atoms with van der Waals surface area (Å²) in [6.45, 7) is 2.82. The number of hydrogen-bond donors (Lipinski definition) is 1. The van der Waals surface area contributed by atoms with Crippen LogP contribution in [0.5, 0.6) is 0 Å². The molecule has 2 aliphatic carbocycles. The van der Waals surface area contributed by atoms with Crippen LogP contribution in [0.3, 0.4) is 0 Å². The Morgan fingerprint density at radius 1 is 1.22 bits per heavy atom. The fourth-order valence-corrected chi connectivity index (χ4v) is 4.93. The van der Waals surface area contributed by atoms with E-state index in [0.717, 1.165) is 47.4 Å². The largest absolute Gasteiger partial charge is 0.353 e. The van der Waals surface area contributed by atoms with Gasteiger partial charge in [0.25, 0.3) is 0 Å². The molecule has 1 amide bonds. The van der Waals surface area contributed by atoms with E-state index in [1.54, 1.807) is 0 Å². The molecule has 2 saturated carbocycles. The zero-order valence-corrected chi connectivity index (χ0v) is 15.1. The summed E-state index contributed by atoms with van der Waals surface area (Å²) in [6, 6.07) is 8.08. The van der Waals surface area contributed by atoms with Crippen molar-refractivity contribution in [3.63, 3.8) is 0 Å². The zero-order chi connectivity index (χ0) is 15.8. The molecule has 1 aromatic rings. The van der Waals surface area contributed by atoms with Gasteiger partial charge in [-0.1, -0.05) is 47.3 Å². The molecule has 3 fully saturated rings. The van der Waals surface area contributed by atoms with Gasteiger partial charge in [-0.15, -0.1) is 0 Å². The molecule has 3 nitrogen and oxygen atoms in total. The minimum absolute atomic E-state index is 0.121. The average molecular weight is 377 g/mol. The quantitative estimate of drug-likeness (QED) is 0.867. The molecule has 4 rings (SSSR count). The van der Waals surface area contributed by atoms with Gasteiger partial charge in [0.2, 0.25) is 5.91 Å². The maximum Gasteiger partial charge on any atom is 0.242 e. The first-order valence-electron chi connectivity index (χ1n) is 8.98. The molecule has 1 N–H and O–H groups in total. The van der Waals surface area contributed by atoms with Crippen LogP contribution < -0.4 is 5.32 Å². The summed E-state index contributed by atoms with van der Waals surface area (Å²) < 4.78 is 1.04. The minimum atomic E-state index is -0.121. The van der Waals surface area contributed by atoms with Crippen molar-refractivity contribution in [1.29, 1.82) is 0 Å². The predicted molar refractivity (Wildman–Crippen MR) is 95.0 cm³/mol. The monoisotopic (exact) mass is 376 g/mol. The van der Waals surface area contributed by atoms with Crippen molar-refractivity contribution < 1.29 is 4.79 Å². The molecule has 1 unspecified atom stereocenters. The third-order valence-electron chi connectivity index (χ3n) is 6.06. The van der Waals surface area contributed by atoms with Gasteiger partial charge in [-0.05, 0) is 48.3 Å². The van der Waals surface area contributed by atoms with Gasteiger partial charge in [0.15, 0.2) is 0 Å². The van der Waals surface area contributed by atoms with Crippen LogP contribution in [0.15, 0.2) is 28.7 Å². The molecule has 0 radical (unpaired) electrons. The Balaban J connectivity index is 1.42. The first-order valence-corrected chi connectivity index (χ1v) is 9.77. The van der Waals surface area contributed by atoms with Crippen LogP contribution in [-0.2, 0) is 4.79 Å². The minimum Gasteiger partial charge on any atom is -0.353 e. The highest BCUT2D eigenvalue weighted by Gasteiger charge is 2.40. The molecular formula is C19H25BrN2O. The van der Waals surface area contributed by atoms with E-state index in [1.807, 2.05) is 12.1 Å². The summed E-state index contributed by atoms with van der Waals surface area (Å²) in [7, 11) is 0. The second-order valence-corrected chi connectivity index (χ2v) is 8.45. The second-order valence-electron chi connectivity index (χ2n) is 7.53. The average Bonchev–Trinajstić information content (AvgIpc) is 2.43. The number of benzene rings is 1. The fourth-order valence-electron chi connectivity index (χ4n) is 4.51. The normalized spacial score (nSPS) is 32.0. The molecule has 0 spiro atoms. The summed E-state index contributed by atoms with van der Waals surface area (Å²) >= 11 is 3.53. The van der Waals surface area contributed by atoms with Crippen LogP contribution in [0.4, 0.5) is 0 Å². The first-order chi connectivity index (χ1) is 11.2. The van der Waals surface area contributed by atoms with E-state index in [4.69, 9.17) is 0 Å². The summed E-state index contributed by atoms with van der Waals surface area (Å²) in [5, 5.41) is 3.04. The van der Waals surface area contributed by atoms with Gasteiger partial charge in [-0.3, -0.25) is 9.69 Å². The second kappa shape index (κ2) is 6.56. The van der Waals surface area contributed by atoms with E-state index < -0.39 is 0 Å². The Labute approximate surface area is 146 Å². The third-order valence-corrected chi connectivity index (χ3v) is 6.55. The fraction of sp³-hybridized carbons (Fsp3) is 0.632. The number of halogens is 1. The number of nitrogens with one attached hydrogen (secondary N) is 1. The highest BCUT2D eigenvalue weighted by molar-refractivity contribution is 9.10. The Kier molecular flexibility index (Phi) is 4.46. The molecule has 1 saturated heterocycles. The van der Waals surface area contributed by atoms with Crippen LogP contribution in [0.25, 0.3) is 0 Å². The van der Waals surface area contributed by atoms with Gasteiger partial charge in [0, 0.05) is 24.1 Å². The summed E-state index contributed by atoms with van der Waals surface area (Å²) in [6.07, 6.45) is 7.14. The van der Waals surface area contributed by atoms with E-state index >= 15 is 0 Å². The van der Waals surface area contributed by atoms with E-state index in [0.29, 0.717) is 0 Å². The van der Waals surface area contributed by atoms with Crippen molar-refractivity contribution in [2.24, 2.45) is 17.8 Å². The van der Waals surface area contributed by atoms with Gasteiger partial charge in [-0.25, -0.2) is 0 Å². The van der Waals surface area contributed by atoms with Crippen LogP contribution >= 0.6 is 15.9 Å². The maximum atomic E-state index is 12.5. The molecule has 1 aliphatic heterocycles. The molecule has 1 atom stereocenters. The van der Waals surface area contributed by atoms with Gasteiger partial charge < -0.3 is 5.32 Å². The van der Waals surface area contributed by atoms with Gasteiger partial charge in [0.05, 0.1) is 0 Å². The Bertz CT molecular complexity index is 580. The number of piperazine rings is 1. The molecule has 3 aliphatic rings. The summed E-state index contributed by atoms with van der Waals surface area (Å²) in [5.74, 6) is 2.96. The lowest BCUT2D eigenvalue weighted by atomic mass is 9.62. The third kappa shape index (κ3) is 3.20. The van der Waals surface area contributed by atoms with Crippen LogP contribution in [0, 0.1) is 17.8 Å². The number of carbonyl (C=O) groups excluding carboxylic acids is 1. The van der Waals surface area contributed by atoms with Crippen molar-refractivity contribution in [2.45, 2.75) is 38.1 Å². The van der Waals surface area contributed by atoms with E-state index in [-0.39, 0.29) is 11.9 Å². The highest BCUT2D eigenvalue weighted by atomic mass is 79.9. The van der Waals surface area contributed by atoms with Crippen molar-refractivity contribution in [2.75, 3.05) is 19.6 Å². The van der Waals surface area contributed by atoms with Gasteiger partial charge in [0.1, 0.15) is 6.04 Å². The lowest BCUT2D eigenvalue weighted by molar-refractivity contribution is -0.130. The Morgan fingerprint density at radius 3 is 2.74 bits per heavy atom. The predicted octanol–water partition coefficient (Wildman–Crippen LogP) is 3.75. The molecule has 0 bridgehead atoms. The number of amides is 1. The zero-order valence-electron chi connectivity index (χ0n) is 13.5. The van der Waals surface area contributed by atoms with E-state index in [2.05, 4.69) is 38.3 Å². The van der Waals surface area contributed by atoms with Crippen molar-refractivity contribution in [3.8, 4) is 0 Å². The lowest BCUT2D eigenvalue weighted by Gasteiger charge is -2.47. The van der Waals surface area contributed by atoms with E-state index in [1.165, 1.54) is 32.1 Å². The van der Waals surface area contributed by atoms with Gasteiger partial charge in [-0.2, -0.15) is 0 Å². The number of carbonyl (C=O) groups is 1. The molecule has 0 aromatic heterocycles. The smallest absolute Gasteiger partial charge is 0.242 e. The molecule has 23 heavy (non-hydrogen) atoms. The van der Waals surface area contributed by atoms with Crippen molar-refractivity contribution >= 4 is 21.8 Å². The maximum absolute atomic E-state index is 12.5. The molecule has 1 heterocycles. The first kappa shape index (κ1) is 15.6. The van der Waals surface area contributed by atoms with Crippen molar-refractivity contribution in [3.05, 3.63) is 34.3 Å². The summed E-state index contributed by atoms with van der Waals surface area (Å²) in [4.78, 5) is 14.9. The standard InChI is InChI=1S/C19H25BrN2O/c20-17-6-2-5-15(11-17)18-19(23)21-7-8-22(18)12-13-9-16(10-13)14-3-1-4-14/h2,5-6,11,13-14,16,18H,1,3-4,7-10,12H2,(H,21,23).